The van der Waals surface area contributed by atoms with Crippen LogP contribution in [-0.4, -0.2) is 11.2 Å². The van der Waals surface area contributed by atoms with Gasteiger partial charge in [-0.05, 0) is 18.8 Å². The molecule has 0 amide bonds. The van der Waals surface area contributed by atoms with Gasteiger partial charge in [-0.15, -0.1) is 0 Å². The summed E-state index contributed by atoms with van der Waals surface area (Å²) in [6.45, 7) is 6.53. The highest BCUT2D eigenvalue weighted by Gasteiger charge is 2.11. The minimum Gasteiger partial charge on any atom is -0.393 e. The van der Waals surface area contributed by atoms with Gasteiger partial charge < -0.3 is 5.11 Å². The van der Waals surface area contributed by atoms with Crippen LogP contribution in [0, 0.1) is 5.92 Å². The van der Waals surface area contributed by atoms with E-state index in [1.54, 1.807) is 0 Å². The highest BCUT2D eigenvalue weighted by molar-refractivity contribution is 4.63. The first-order chi connectivity index (χ1) is 5.72. The molecule has 1 heteroatoms. The Morgan fingerprint density at radius 1 is 1.00 bits per heavy atom. The van der Waals surface area contributed by atoms with Crippen molar-refractivity contribution in [3.05, 3.63) is 0 Å². The highest BCUT2D eigenvalue weighted by Crippen LogP contribution is 2.15. The zero-order chi connectivity index (χ0) is 9.40. The third-order valence-electron chi connectivity index (χ3n) is 2.50. The van der Waals surface area contributed by atoms with E-state index >= 15 is 0 Å². The summed E-state index contributed by atoms with van der Waals surface area (Å²) >= 11 is 0. The Hall–Kier alpha value is -0.0400. The first kappa shape index (κ1) is 12.0. The predicted molar refractivity (Wildman–Crippen MR) is 54.2 cm³/mol. The van der Waals surface area contributed by atoms with Crippen molar-refractivity contribution in [1.82, 2.24) is 0 Å². The van der Waals surface area contributed by atoms with Gasteiger partial charge in [-0.2, -0.15) is 0 Å². The van der Waals surface area contributed by atoms with Gasteiger partial charge in [0.15, 0.2) is 0 Å². The Labute approximate surface area is 77.2 Å². The average molecular weight is 172 g/mol. The molecule has 0 rings (SSSR count). The molecule has 0 saturated heterocycles. The van der Waals surface area contributed by atoms with E-state index < -0.39 is 0 Å². The fourth-order valence-electron chi connectivity index (χ4n) is 1.54. The van der Waals surface area contributed by atoms with Gasteiger partial charge in [-0.1, -0.05) is 46.5 Å². The molecule has 0 spiro atoms. The summed E-state index contributed by atoms with van der Waals surface area (Å²) in [7, 11) is 0. The molecule has 0 radical (unpaired) electrons. The van der Waals surface area contributed by atoms with E-state index in [2.05, 4.69) is 20.8 Å². The van der Waals surface area contributed by atoms with Gasteiger partial charge in [0.25, 0.3) is 0 Å². The van der Waals surface area contributed by atoms with E-state index in [1.165, 1.54) is 25.7 Å². The molecule has 1 nitrogen and oxygen atoms in total. The largest absolute Gasteiger partial charge is 0.393 e. The molecule has 0 aliphatic rings. The van der Waals surface area contributed by atoms with Crippen LogP contribution in [-0.2, 0) is 0 Å². The summed E-state index contributed by atoms with van der Waals surface area (Å²) in [5, 5.41) is 9.68. The molecule has 0 heterocycles. The summed E-state index contributed by atoms with van der Waals surface area (Å²) < 4.78 is 0. The van der Waals surface area contributed by atoms with E-state index in [0.29, 0.717) is 5.92 Å². The molecule has 0 saturated carbocycles. The SMILES string of the molecule is CCCCCC(O)C(C)CCC. The Morgan fingerprint density at radius 2 is 1.67 bits per heavy atom. The maximum atomic E-state index is 9.68. The van der Waals surface area contributed by atoms with Gasteiger partial charge in [0.05, 0.1) is 6.10 Å². The topological polar surface area (TPSA) is 20.2 Å². The summed E-state index contributed by atoms with van der Waals surface area (Å²) in [5.74, 6) is 0.492. The van der Waals surface area contributed by atoms with E-state index in [4.69, 9.17) is 0 Å². The number of hydrogen-bond donors (Lipinski definition) is 1. The molecule has 0 aliphatic heterocycles. The third kappa shape index (κ3) is 5.59. The fraction of sp³-hybridized carbons (Fsp3) is 1.00. The lowest BCUT2D eigenvalue weighted by Crippen LogP contribution is -2.17. The van der Waals surface area contributed by atoms with Crippen LogP contribution in [0.4, 0.5) is 0 Å². The molecule has 0 aromatic rings. The second kappa shape index (κ2) is 7.60. The van der Waals surface area contributed by atoms with Crippen LogP contribution in [0.3, 0.4) is 0 Å². The number of hydrogen-bond acceptors (Lipinski definition) is 1. The molecule has 2 unspecified atom stereocenters. The third-order valence-corrected chi connectivity index (χ3v) is 2.50. The van der Waals surface area contributed by atoms with Gasteiger partial charge in [0.1, 0.15) is 0 Å². The van der Waals surface area contributed by atoms with Crippen molar-refractivity contribution in [1.29, 1.82) is 0 Å². The molecule has 0 aromatic heterocycles. The average Bonchev–Trinajstić information content (AvgIpc) is 2.05. The van der Waals surface area contributed by atoms with Crippen molar-refractivity contribution in [2.45, 2.75) is 65.4 Å². The number of aliphatic hydroxyl groups excluding tert-OH is 1. The summed E-state index contributed by atoms with van der Waals surface area (Å²) in [4.78, 5) is 0. The zero-order valence-electron chi connectivity index (χ0n) is 8.84. The summed E-state index contributed by atoms with van der Waals surface area (Å²) in [6.07, 6.45) is 6.97. The van der Waals surface area contributed by atoms with Crippen LogP contribution in [0.5, 0.6) is 0 Å². The molecule has 1 N–H and O–H groups in total. The molecule has 0 aromatic carbocycles. The van der Waals surface area contributed by atoms with Gasteiger partial charge in [0, 0.05) is 0 Å². The molecular weight excluding hydrogens is 148 g/mol. The first-order valence-electron chi connectivity index (χ1n) is 5.40. The van der Waals surface area contributed by atoms with Crippen LogP contribution in [0.25, 0.3) is 0 Å². The van der Waals surface area contributed by atoms with Gasteiger partial charge in [-0.3, -0.25) is 0 Å². The molecule has 0 bridgehead atoms. The Morgan fingerprint density at radius 3 is 2.17 bits per heavy atom. The van der Waals surface area contributed by atoms with Crippen LogP contribution in [0.1, 0.15) is 59.3 Å². The van der Waals surface area contributed by atoms with Crippen molar-refractivity contribution in [2.24, 2.45) is 5.92 Å². The lowest BCUT2D eigenvalue weighted by Gasteiger charge is -2.17. The standard InChI is InChI=1S/C11H24O/c1-4-6-7-9-11(12)10(3)8-5-2/h10-12H,4-9H2,1-3H3. The normalized spacial score (nSPS) is 16.0. The van der Waals surface area contributed by atoms with Gasteiger partial charge in [-0.25, -0.2) is 0 Å². The molecule has 74 valence electrons. The second-order valence-corrected chi connectivity index (χ2v) is 3.83. The lowest BCUT2D eigenvalue weighted by molar-refractivity contribution is 0.0998. The minimum absolute atomic E-state index is 0.0588. The quantitative estimate of drug-likeness (QED) is 0.584. The van der Waals surface area contributed by atoms with Crippen LogP contribution in [0.2, 0.25) is 0 Å². The van der Waals surface area contributed by atoms with Gasteiger partial charge >= 0.3 is 0 Å². The fourth-order valence-corrected chi connectivity index (χ4v) is 1.54. The van der Waals surface area contributed by atoms with E-state index in [1.807, 2.05) is 0 Å². The lowest BCUT2D eigenvalue weighted by atomic mass is 9.95. The van der Waals surface area contributed by atoms with E-state index in [-0.39, 0.29) is 6.10 Å². The Bertz CT molecular complexity index is 91.0. The minimum atomic E-state index is -0.0588. The number of rotatable bonds is 7. The van der Waals surface area contributed by atoms with Crippen LogP contribution >= 0.6 is 0 Å². The van der Waals surface area contributed by atoms with Crippen molar-refractivity contribution in [3.8, 4) is 0 Å². The molecular formula is C11H24O. The number of aliphatic hydroxyl groups is 1. The maximum Gasteiger partial charge on any atom is 0.0565 e. The Balaban J connectivity index is 3.35. The molecule has 0 aliphatic carbocycles. The summed E-state index contributed by atoms with van der Waals surface area (Å²) in [5.41, 5.74) is 0. The Kier molecular flexibility index (Phi) is 7.58. The molecule has 12 heavy (non-hydrogen) atoms. The van der Waals surface area contributed by atoms with Gasteiger partial charge in [0.2, 0.25) is 0 Å². The highest BCUT2D eigenvalue weighted by atomic mass is 16.3. The molecule has 2 atom stereocenters. The second-order valence-electron chi connectivity index (χ2n) is 3.83. The monoisotopic (exact) mass is 172 g/mol. The van der Waals surface area contributed by atoms with Crippen LogP contribution in [0.15, 0.2) is 0 Å². The van der Waals surface area contributed by atoms with Crippen molar-refractivity contribution < 1.29 is 5.11 Å². The van der Waals surface area contributed by atoms with E-state index in [9.17, 15) is 5.11 Å². The first-order valence-corrected chi connectivity index (χ1v) is 5.40. The van der Waals surface area contributed by atoms with Crippen molar-refractivity contribution in [2.75, 3.05) is 0 Å². The van der Waals surface area contributed by atoms with E-state index in [0.717, 1.165) is 12.8 Å². The molecule has 0 fully saturated rings. The van der Waals surface area contributed by atoms with Crippen molar-refractivity contribution in [3.63, 3.8) is 0 Å². The number of unbranched alkanes of at least 4 members (excludes halogenated alkanes) is 2. The zero-order valence-corrected chi connectivity index (χ0v) is 8.84. The van der Waals surface area contributed by atoms with Crippen molar-refractivity contribution >= 4 is 0 Å². The summed E-state index contributed by atoms with van der Waals surface area (Å²) in [6, 6.07) is 0. The van der Waals surface area contributed by atoms with Crippen LogP contribution < -0.4 is 0 Å². The smallest absolute Gasteiger partial charge is 0.0565 e. The predicted octanol–water partition coefficient (Wildman–Crippen LogP) is 3.36. The maximum absolute atomic E-state index is 9.68.